The number of hydrogen-bond acceptors (Lipinski definition) is 6. The molecule has 0 aliphatic carbocycles. The van der Waals surface area contributed by atoms with Crippen molar-refractivity contribution < 1.29 is 27.5 Å². The van der Waals surface area contributed by atoms with Gasteiger partial charge in [-0.05, 0) is 36.4 Å². The molecular weight excluding hydrogens is 398 g/mol. The number of carbonyl (C=O) groups is 3. The topological polar surface area (TPSA) is 122 Å². The predicted octanol–water partition coefficient (Wildman–Crippen LogP) is 2.11. The monoisotopic (exact) mass is 417 g/mol. The minimum absolute atomic E-state index is 0.0540. The zero-order chi connectivity index (χ0) is 21.2. The zero-order valence-corrected chi connectivity index (χ0v) is 16.6. The molecule has 1 saturated heterocycles. The summed E-state index contributed by atoms with van der Waals surface area (Å²) >= 11 is 0. The van der Waals surface area contributed by atoms with Crippen LogP contribution in [-0.2, 0) is 24.4 Å². The number of ether oxygens (including phenoxy) is 1. The molecule has 1 heterocycles. The number of nitrogens with zero attached hydrogens (tertiary/aromatic N) is 1. The van der Waals surface area contributed by atoms with Crippen molar-refractivity contribution in [2.75, 3.05) is 22.0 Å². The zero-order valence-electron chi connectivity index (χ0n) is 15.8. The molecular formula is C19H19N3O6S. The van der Waals surface area contributed by atoms with Gasteiger partial charge in [-0.15, -0.1) is 0 Å². The Morgan fingerprint density at radius 1 is 1.03 bits per heavy atom. The summed E-state index contributed by atoms with van der Waals surface area (Å²) in [6, 6.07) is 10.2. The van der Waals surface area contributed by atoms with Gasteiger partial charge in [0, 0.05) is 25.5 Å². The van der Waals surface area contributed by atoms with Crippen LogP contribution in [0.25, 0.3) is 0 Å². The van der Waals surface area contributed by atoms with E-state index in [0.717, 1.165) is 4.90 Å². The van der Waals surface area contributed by atoms with Crippen LogP contribution in [0.1, 0.15) is 19.8 Å². The highest BCUT2D eigenvalue weighted by Gasteiger charge is 2.32. The van der Waals surface area contributed by atoms with E-state index in [4.69, 9.17) is 4.74 Å². The third-order valence-corrected chi connectivity index (χ3v) is 5.58. The Labute approximate surface area is 167 Å². The van der Waals surface area contributed by atoms with Crippen LogP contribution in [0.15, 0.2) is 47.4 Å². The second-order valence-electron chi connectivity index (χ2n) is 6.33. The molecule has 2 aromatic rings. The fraction of sp³-hybridized carbons (Fsp3) is 0.211. The first-order chi connectivity index (χ1) is 13.7. The van der Waals surface area contributed by atoms with Crippen molar-refractivity contribution in [3.63, 3.8) is 0 Å². The summed E-state index contributed by atoms with van der Waals surface area (Å²) in [5.74, 6) is -1.02. The van der Waals surface area contributed by atoms with Crippen LogP contribution in [0, 0.1) is 0 Å². The summed E-state index contributed by atoms with van der Waals surface area (Å²) in [6.45, 7) is 1.34. The van der Waals surface area contributed by atoms with Crippen LogP contribution in [0.5, 0.6) is 5.75 Å². The number of carbonyl (C=O) groups excluding carboxylic acids is 3. The van der Waals surface area contributed by atoms with Crippen LogP contribution in [0.4, 0.5) is 17.1 Å². The van der Waals surface area contributed by atoms with Crippen LogP contribution in [0.2, 0.25) is 0 Å². The number of methoxy groups -OCH3 is 1. The average Bonchev–Trinajstić information content (AvgIpc) is 2.99. The van der Waals surface area contributed by atoms with Gasteiger partial charge in [0.05, 0.1) is 18.5 Å². The molecule has 10 heteroatoms. The van der Waals surface area contributed by atoms with E-state index in [9.17, 15) is 22.8 Å². The average molecular weight is 417 g/mol. The van der Waals surface area contributed by atoms with Crippen molar-refractivity contribution in [2.24, 2.45) is 0 Å². The van der Waals surface area contributed by atoms with E-state index in [0.29, 0.717) is 5.69 Å². The summed E-state index contributed by atoms with van der Waals surface area (Å²) in [6.07, 6.45) is 0.169. The Morgan fingerprint density at radius 2 is 1.69 bits per heavy atom. The molecule has 29 heavy (non-hydrogen) atoms. The molecule has 9 nitrogen and oxygen atoms in total. The van der Waals surface area contributed by atoms with Crippen molar-refractivity contribution in [2.45, 2.75) is 24.7 Å². The third kappa shape index (κ3) is 4.37. The maximum absolute atomic E-state index is 13.0. The van der Waals surface area contributed by atoms with Gasteiger partial charge in [0.25, 0.3) is 10.0 Å². The Balaban J connectivity index is 1.97. The minimum atomic E-state index is -4.13. The van der Waals surface area contributed by atoms with Gasteiger partial charge >= 0.3 is 0 Å². The van der Waals surface area contributed by atoms with Crippen LogP contribution < -0.4 is 19.7 Å². The van der Waals surface area contributed by atoms with Crippen molar-refractivity contribution >= 4 is 44.8 Å². The van der Waals surface area contributed by atoms with Crippen molar-refractivity contribution in [1.82, 2.24) is 0 Å². The van der Waals surface area contributed by atoms with E-state index < -0.39 is 10.0 Å². The van der Waals surface area contributed by atoms with E-state index in [2.05, 4.69) is 10.0 Å². The van der Waals surface area contributed by atoms with Crippen LogP contribution >= 0.6 is 0 Å². The molecule has 0 radical (unpaired) electrons. The third-order valence-electron chi connectivity index (χ3n) is 4.18. The smallest absolute Gasteiger partial charge is 0.265 e. The lowest BCUT2D eigenvalue weighted by Crippen LogP contribution is -2.28. The highest BCUT2D eigenvalue weighted by Crippen LogP contribution is 2.32. The van der Waals surface area contributed by atoms with Gasteiger partial charge in [-0.25, -0.2) is 8.42 Å². The molecule has 3 amide bonds. The molecule has 1 aliphatic heterocycles. The van der Waals surface area contributed by atoms with Gasteiger partial charge in [0.15, 0.2) is 0 Å². The van der Waals surface area contributed by atoms with E-state index >= 15 is 0 Å². The number of nitrogens with one attached hydrogen (secondary N) is 2. The SMILES string of the molecule is COc1ccc(N2C(=O)CCC2=O)cc1S(=O)(=O)Nc1cccc(NC(C)=O)c1. The second kappa shape index (κ2) is 7.92. The van der Waals surface area contributed by atoms with Crippen molar-refractivity contribution in [3.05, 3.63) is 42.5 Å². The van der Waals surface area contributed by atoms with Gasteiger partial charge in [0.2, 0.25) is 17.7 Å². The normalized spacial score (nSPS) is 14.1. The van der Waals surface area contributed by atoms with Gasteiger partial charge in [-0.3, -0.25) is 24.0 Å². The van der Waals surface area contributed by atoms with E-state index in [1.165, 1.54) is 44.4 Å². The molecule has 0 saturated carbocycles. The first-order valence-corrected chi connectivity index (χ1v) is 10.1. The molecule has 2 aromatic carbocycles. The standard InChI is InChI=1S/C19H19N3O6S/c1-12(23)20-13-4-3-5-14(10-13)21-29(26,27)17-11-15(6-7-16(17)28-2)22-18(24)8-9-19(22)25/h3-7,10-11,21H,8-9H2,1-2H3,(H,20,23). The van der Waals surface area contributed by atoms with Crippen molar-refractivity contribution in [3.8, 4) is 5.75 Å². The van der Waals surface area contributed by atoms with Crippen LogP contribution in [-0.4, -0.2) is 33.2 Å². The van der Waals surface area contributed by atoms with Crippen molar-refractivity contribution in [1.29, 1.82) is 0 Å². The quantitative estimate of drug-likeness (QED) is 0.694. The van der Waals surface area contributed by atoms with E-state index in [-0.39, 0.29) is 52.6 Å². The molecule has 152 valence electrons. The number of amides is 3. The summed E-state index contributed by atoms with van der Waals surface area (Å²) in [7, 11) is -2.81. The van der Waals surface area contributed by atoms with Gasteiger partial charge in [0.1, 0.15) is 10.6 Å². The summed E-state index contributed by atoms with van der Waals surface area (Å²) in [5, 5.41) is 2.57. The first kappa shape index (κ1) is 20.3. The summed E-state index contributed by atoms with van der Waals surface area (Å²) in [4.78, 5) is 35.9. The first-order valence-electron chi connectivity index (χ1n) is 8.65. The number of imide groups is 1. The predicted molar refractivity (Wildman–Crippen MR) is 106 cm³/mol. The molecule has 0 atom stereocenters. The van der Waals surface area contributed by atoms with Crippen LogP contribution in [0.3, 0.4) is 0 Å². The summed E-state index contributed by atoms with van der Waals surface area (Å²) in [5.41, 5.74) is 0.800. The largest absolute Gasteiger partial charge is 0.495 e. The molecule has 0 unspecified atom stereocenters. The number of anilines is 3. The lowest BCUT2D eigenvalue weighted by molar-refractivity contribution is -0.121. The minimum Gasteiger partial charge on any atom is -0.495 e. The lowest BCUT2D eigenvalue weighted by Gasteiger charge is -2.17. The number of hydrogen-bond donors (Lipinski definition) is 2. The van der Waals surface area contributed by atoms with Gasteiger partial charge < -0.3 is 10.1 Å². The molecule has 0 spiro atoms. The molecule has 0 bridgehead atoms. The second-order valence-corrected chi connectivity index (χ2v) is 7.98. The fourth-order valence-electron chi connectivity index (χ4n) is 2.95. The molecule has 1 aliphatic rings. The molecule has 2 N–H and O–H groups in total. The molecule has 0 aromatic heterocycles. The Hall–Kier alpha value is -3.40. The Kier molecular flexibility index (Phi) is 5.55. The maximum Gasteiger partial charge on any atom is 0.265 e. The maximum atomic E-state index is 13.0. The number of sulfonamides is 1. The number of rotatable bonds is 6. The van der Waals surface area contributed by atoms with E-state index in [1.807, 2.05) is 0 Å². The van der Waals surface area contributed by atoms with Gasteiger partial charge in [-0.2, -0.15) is 0 Å². The molecule has 1 fully saturated rings. The highest BCUT2D eigenvalue weighted by molar-refractivity contribution is 7.92. The fourth-order valence-corrected chi connectivity index (χ4v) is 4.19. The molecule has 3 rings (SSSR count). The summed E-state index contributed by atoms with van der Waals surface area (Å²) < 4.78 is 33.5. The van der Waals surface area contributed by atoms with E-state index in [1.54, 1.807) is 12.1 Å². The number of benzene rings is 2. The lowest BCUT2D eigenvalue weighted by atomic mass is 10.2. The Morgan fingerprint density at radius 3 is 2.31 bits per heavy atom. The van der Waals surface area contributed by atoms with Gasteiger partial charge in [-0.1, -0.05) is 6.07 Å². The highest BCUT2D eigenvalue weighted by atomic mass is 32.2. The Bertz CT molecular complexity index is 1080.